The van der Waals surface area contributed by atoms with Crippen molar-refractivity contribution in [2.45, 2.75) is 38.9 Å². The highest BCUT2D eigenvalue weighted by Gasteiger charge is 2.18. The standard InChI is InChI=1S/C13H21NO3S/c1-4-9-17-13-8-6-7-12(10-13)14-18(15,16)11(3)5-2/h6-8,10-11,14H,4-5,9H2,1-3H3. The number of anilines is 1. The summed E-state index contributed by atoms with van der Waals surface area (Å²) in [5, 5.41) is -0.405. The van der Waals surface area contributed by atoms with Crippen LogP contribution in [0.3, 0.4) is 0 Å². The molecule has 1 aromatic rings. The summed E-state index contributed by atoms with van der Waals surface area (Å²) in [7, 11) is -3.31. The third-order valence-corrected chi connectivity index (χ3v) is 4.58. The Hall–Kier alpha value is -1.23. The molecular weight excluding hydrogens is 250 g/mol. The average molecular weight is 271 g/mol. The SMILES string of the molecule is CCCOc1cccc(NS(=O)(=O)C(C)CC)c1. The van der Waals surface area contributed by atoms with Crippen molar-refractivity contribution < 1.29 is 13.2 Å². The first-order valence-corrected chi connectivity index (χ1v) is 7.78. The van der Waals surface area contributed by atoms with E-state index < -0.39 is 15.3 Å². The highest BCUT2D eigenvalue weighted by Crippen LogP contribution is 2.20. The van der Waals surface area contributed by atoms with Gasteiger partial charge in [0.1, 0.15) is 5.75 Å². The third kappa shape index (κ3) is 4.22. The third-order valence-electron chi connectivity index (χ3n) is 2.67. The summed E-state index contributed by atoms with van der Waals surface area (Å²) < 4.78 is 31.8. The van der Waals surface area contributed by atoms with Crippen molar-refractivity contribution in [3.05, 3.63) is 24.3 Å². The number of hydrogen-bond acceptors (Lipinski definition) is 3. The van der Waals surface area contributed by atoms with Crippen molar-refractivity contribution in [1.82, 2.24) is 0 Å². The fraction of sp³-hybridized carbons (Fsp3) is 0.538. The molecule has 102 valence electrons. The van der Waals surface area contributed by atoms with E-state index in [1.54, 1.807) is 25.1 Å². The van der Waals surface area contributed by atoms with Gasteiger partial charge in [-0.1, -0.05) is 19.9 Å². The van der Waals surface area contributed by atoms with Gasteiger partial charge in [-0.3, -0.25) is 4.72 Å². The molecule has 0 spiro atoms. The number of hydrogen-bond donors (Lipinski definition) is 1. The highest BCUT2D eigenvalue weighted by molar-refractivity contribution is 7.93. The van der Waals surface area contributed by atoms with Gasteiger partial charge in [0.25, 0.3) is 0 Å². The second-order valence-electron chi connectivity index (χ2n) is 4.24. The van der Waals surface area contributed by atoms with Crippen LogP contribution in [0.2, 0.25) is 0 Å². The molecule has 0 saturated heterocycles. The number of benzene rings is 1. The normalized spacial score (nSPS) is 13.1. The Bertz CT molecular complexity index is 471. The molecule has 0 aliphatic rings. The summed E-state index contributed by atoms with van der Waals surface area (Å²) in [5.41, 5.74) is 0.545. The molecule has 1 unspecified atom stereocenters. The number of sulfonamides is 1. The minimum Gasteiger partial charge on any atom is -0.494 e. The molecule has 0 fully saturated rings. The van der Waals surface area contributed by atoms with E-state index in [9.17, 15) is 8.42 Å². The van der Waals surface area contributed by atoms with Gasteiger partial charge in [-0.05, 0) is 31.9 Å². The Balaban J connectivity index is 2.79. The number of nitrogens with one attached hydrogen (secondary N) is 1. The Morgan fingerprint density at radius 1 is 1.33 bits per heavy atom. The quantitative estimate of drug-likeness (QED) is 0.829. The van der Waals surface area contributed by atoms with Crippen LogP contribution in [0.5, 0.6) is 5.75 Å². The molecule has 0 amide bonds. The van der Waals surface area contributed by atoms with E-state index >= 15 is 0 Å². The molecule has 0 aromatic heterocycles. The molecular formula is C13H21NO3S. The lowest BCUT2D eigenvalue weighted by Gasteiger charge is -2.13. The zero-order valence-corrected chi connectivity index (χ0v) is 12.0. The molecule has 5 heteroatoms. The summed E-state index contributed by atoms with van der Waals surface area (Å²) in [4.78, 5) is 0. The summed E-state index contributed by atoms with van der Waals surface area (Å²) in [6, 6.07) is 7.02. The van der Waals surface area contributed by atoms with Crippen molar-refractivity contribution in [2.24, 2.45) is 0 Å². The van der Waals surface area contributed by atoms with Crippen LogP contribution in [-0.2, 0) is 10.0 Å². The summed E-state index contributed by atoms with van der Waals surface area (Å²) in [5.74, 6) is 0.682. The molecule has 1 aromatic carbocycles. The van der Waals surface area contributed by atoms with Crippen molar-refractivity contribution in [1.29, 1.82) is 0 Å². The van der Waals surface area contributed by atoms with Crippen LogP contribution in [0.1, 0.15) is 33.6 Å². The average Bonchev–Trinajstić information content (AvgIpc) is 2.35. The molecule has 1 atom stereocenters. The van der Waals surface area contributed by atoms with Crippen molar-refractivity contribution in [3.8, 4) is 5.75 Å². The van der Waals surface area contributed by atoms with Gasteiger partial charge in [0.15, 0.2) is 0 Å². The first kappa shape index (κ1) is 14.8. The van der Waals surface area contributed by atoms with E-state index in [1.807, 2.05) is 19.9 Å². The zero-order chi connectivity index (χ0) is 13.6. The molecule has 0 radical (unpaired) electrons. The summed E-state index contributed by atoms with van der Waals surface area (Å²) >= 11 is 0. The molecule has 0 bridgehead atoms. The maximum absolute atomic E-state index is 11.9. The highest BCUT2D eigenvalue weighted by atomic mass is 32.2. The van der Waals surface area contributed by atoms with Gasteiger partial charge in [-0.25, -0.2) is 8.42 Å². The van der Waals surface area contributed by atoms with Gasteiger partial charge in [0, 0.05) is 6.07 Å². The van der Waals surface area contributed by atoms with Crippen molar-refractivity contribution >= 4 is 15.7 Å². The Labute approximate surface area is 109 Å². The van der Waals surface area contributed by atoms with Crippen LogP contribution >= 0.6 is 0 Å². The maximum Gasteiger partial charge on any atom is 0.235 e. The van der Waals surface area contributed by atoms with Gasteiger partial charge >= 0.3 is 0 Å². The molecule has 0 heterocycles. The maximum atomic E-state index is 11.9. The van der Waals surface area contributed by atoms with Crippen LogP contribution in [0.4, 0.5) is 5.69 Å². The smallest absolute Gasteiger partial charge is 0.235 e. The molecule has 1 N–H and O–H groups in total. The summed E-state index contributed by atoms with van der Waals surface area (Å²) in [6.45, 7) is 6.20. The van der Waals surface area contributed by atoms with Gasteiger partial charge in [-0.15, -0.1) is 0 Å². The van der Waals surface area contributed by atoms with E-state index in [0.717, 1.165) is 6.42 Å². The van der Waals surface area contributed by atoms with Gasteiger partial charge in [0.2, 0.25) is 10.0 Å². The van der Waals surface area contributed by atoms with Crippen LogP contribution in [0.25, 0.3) is 0 Å². The molecule has 0 aliphatic heterocycles. The molecule has 1 rings (SSSR count). The zero-order valence-electron chi connectivity index (χ0n) is 11.1. The van der Waals surface area contributed by atoms with Crippen LogP contribution in [-0.4, -0.2) is 20.3 Å². The van der Waals surface area contributed by atoms with Crippen LogP contribution in [0.15, 0.2) is 24.3 Å². The van der Waals surface area contributed by atoms with E-state index in [2.05, 4.69) is 4.72 Å². The topological polar surface area (TPSA) is 55.4 Å². The van der Waals surface area contributed by atoms with Gasteiger partial charge in [-0.2, -0.15) is 0 Å². The largest absolute Gasteiger partial charge is 0.494 e. The lowest BCUT2D eigenvalue weighted by atomic mass is 10.3. The lowest BCUT2D eigenvalue weighted by Crippen LogP contribution is -2.24. The van der Waals surface area contributed by atoms with Crippen LogP contribution in [0, 0.1) is 0 Å². The van der Waals surface area contributed by atoms with E-state index in [0.29, 0.717) is 24.5 Å². The van der Waals surface area contributed by atoms with E-state index in [1.165, 1.54) is 0 Å². The summed E-state index contributed by atoms with van der Waals surface area (Å²) in [6.07, 6.45) is 1.50. The van der Waals surface area contributed by atoms with Gasteiger partial charge < -0.3 is 4.74 Å². The fourth-order valence-corrected chi connectivity index (χ4v) is 2.45. The van der Waals surface area contributed by atoms with Gasteiger partial charge in [0.05, 0.1) is 17.5 Å². The molecule has 4 nitrogen and oxygen atoms in total. The molecule has 0 saturated carbocycles. The van der Waals surface area contributed by atoms with E-state index in [-0.39, 0.29) is 0 Å². The first-order valence-electron chi connectivity index (χ1n) is 6.24. The lowest BCUT2D eigenvalue weighted by molar-refractivity contribution is 0.317. The predicted molar refractivity (Wildman–Crippen MR) is 74.5 cm³/mol. The van der Waals surface area contributed by atoms with Crippen LogP contribution < -0.4 is 9.46 Å². The molecule has 18 heavy (non-hydrogen) atoms. The van der Waals surface area contributed by atoms with E-state index in [4.69, 9.17) is 4.74 Å². The Morgan fingerprint density at radius 2 is 2.06 bits per heavy atom. The second kappa shape index (κ2) is 6.64. The predicted octanol–water partition coefficient (Wildman–Crippen LogP) is 3.02. The fourth-order valence-electron chi connectivity index (χ4n) is 1.35. The Kier molecular flexibility index (Phi) is 5.47. The van der Waals surface area contributed by atoms with Crippen molar-refractivity contribution in [3.63, 3.8) is 0 Å². The first-order chi connectivity index (χ1) is 8.49. The monoisotopic (exact) mass is 271 g/mol. The Morgan fingerprint density at radius 3 is 2.67 bits per heavy atom. The van der Waals surface area contributed by atoms with Crippen molar-refractivity contribution in [2.75, 3.05) is 11.3 Å². The number of ether oxygens (including phenoxy) is 1. The number of rotatable bonds is 7. The second-order valence-corrected chi connectivity index (χ2v) is 6.34. The molecule has 0 aliphatic carbocycles. The minimum absolute atomic E-state index is 0.405. The minimum atomic E-state index is -3.31.